The monoisotopic (exact) mass is 195 g/mol. The molecule has 0 aromatic carbocycles. The largest absolute Gasteiger partial charge is 0.374 e. The Morgan fingerprint density at radius 2 is 2.21 bits per heavy atom. The summed E-state index contributed by atoms with van der Waals surface area (Å²) in [6.07, 6.45) is 9.17. The molecule has 0 saturated heterocycles. The van der Waals surface area contributed by atoms with Crippen LogP contribution in [0.3, 0.4) is 0 Å². The zero-order valence-electron chi connectivity index (χ0n) is 9.33. The second-order valence-corrected chi connectivity index (χ2v) is 4.02. The lowest BCUT2D eigenvalue weighted by Crippen LogP contribution is -2.36. The average Bonchev–Trinajstić information content (AvgIpc) is 2.17. The molecule has 2 nitrogen and oxygen atoms in total. The number of ketones is 1. The highest BCUT2D eigenvalue weighted by Crippen LogP contribution is 2.17. The van der Waals surface area contributed by atoms with E-state index in [-0.39, 0.29) is 5.78 Å². The molecule has 0 fully saturated rings. The van der Waals surface area contributed by atoms with Gasteiger partial charge in [-0.25, -0.2) is 0 Å². The number of unbranched alkanes of at least 4 members (excludes halogenated alkanes) is 1. The Balaban J connectivity index is 2.50. The highest BCUT2D eigenvalue weighted by atomic mass is 16.1. The van der Waals surface area contributed by atoms with Crippen molar-refractivity contribution in [3.8, 4) is 0 Å². The average molecular weight is 195 g/mol. The lowest BCUT2D eigenvalue weighted by atomic mass is 10.0. The molecular formula is C12H21NO. The molecule has 14 heavy (non-hydrogen) atoms. The van der Waals surface area contributed by atoms with Crippen LogP contribution in [0.15, 0.2) is 12.3 Å². The van der Waals surface area contributed by atoms with Gasteiger partial charge in [0.15, 0.2) is 5.78 Å². The van der Waals surface area contributed by atoms with Gasteiger partial charge >= 0.3 is 0 Å². The van der Waals surface area contributed by atoms with Crippen molar-refractivity contribution in [3.63, 3.8) is 0 Å². The molecule has 1 rings (SSSR count). The molecule has 80 valence electrons. The molecule has 1 aliphatic rings. The van der Waals surface area contributed by atoms with Gasteiger partial charge < -0.3 is 4.90 Å². The summed E-state index contributed by atoms with van der Waals surface area (Å²) in [5.41, 5.74) is 0. The Bertz CT molecular complexity index is 210. The van der Waals surface area contributed by atoms with Crippen LogP contribution in [0.1, 0.15) is 46.0 Å². The summed E-state index contributed by atoms with van der Waals surface area (Å²) < 4.78 is 0. The molecule has 0 N–H and O–H groups in total. The maximum absolute atomic E-state index is 11.3. The molecule has 2 heteroatoms. The van der Waals surface area contributed by atoms with Gasteiger partial charge in [0.1, 0.15) is 0 Å². The van der Waals surface area contributed by atoms with Crippen LogP contribution in [0.25, 0.3) is 0 Å². The Hall–Kier alpha value is -0.790. The summed E-state index contributed by atoms with van der Waals surface area (Å²) in [6, 6.07) is 0.462. The van der Waals surface area contributed by atoms with Crippen LogP contribution in [0.2, 0.25) is 0 Å². The van der Waals surface area contributed by atoms with E-state index in [1.807, 2.05) is 6.20 Å². The van der Waals surface area contributed by atoms with Crippen molar-refractivity contribution in [3.05, 3.63) is 12.3 Å². The van der Waals surface area contributed by atoms with E-state index in [4.69, 9.17) is 0 Å². The van der Waals surface area contributed by atoms with E-state index in [2.05, 4.69) is 18.7 Å². The lowest BCUT2D eigenvalue weighted by molar-refractivity contribution is -0.116. The van der Waals surface area contributed by atoms with Crippen LogP contribution in [-0.2, 0) is 4.79 Å². The lowest BCUT2D eigenvalue weighted by Gasteiger charge is -2.32. The topological polar surface area (TPSA) is 20.3 Å². The molecular weight excluding hydrogens is 174 g/mol. The van der Waals surface area contributed by atoms with Gasteiger partial charge in [0, 0.05) is 25.2 Å². The molecule has 0 aromatic rings. The Labute approximate surface area is 87.0 Å². The smallest absolute Gasteiger partial charge is 0.159 e. The summed E-state index contributed by atoms with van der Waals surface area (Å²) in [7, 11) is 0. The second kappa shape index (κ2) is 5.84. The van der Waals surface area contributed by atoms with Crippen molar-refractivity contribution in [2.24, 2.45) is 0 Å². The van der Waals surface area contributed by atoms with E-state index in [9.17, 15) is 4.79 Å². The maximum Gasteiger partial charge on any atom is 0.159 e. The minimum atomic E-state index is 0.288. The van der Waals surface area contributed by atoms with Gasteiger partial charge in [-0.05, 0) is 18.9 Å². The predicted molar refractivity (Wildman–Crippen MR) is 59.1 cm³/mol. The molecule has 0 bridgehead atoms. The third kappa shape index (κ3) is 3.17. The Morgan fingerprint density at radius 3 is 2.86 bits per heavy atom. The number of nitrogens with zero attached hydrogens (tertiary/aromatic N) is 1. The third-order valence-electron chi connectivity index (χ3n) is 2.75. The van der Waals surface area contributed by atoms with Crippen LogP contribution in [0, 0.1) is 0 Å². The van der Waals surface area contributed by atoms with Crippen molar-refractivity contribution >= 4 is 5.78 Å². The van der Waals surface area contributed by atoms with Crippen LogP contribution in [-0.4, -0.2) is 23.3 Å². The minimum absolute atomic E-state index is 0.288. The van der Waals surface area contributed by atoms with Gasteiger partial charge in [0.25, 0.3) is 0 Å². The third-order valence-corrected chi connectivity index (χ3v) is 2.75. The summed E-state index contributed by atoms with van der Waals surface area (Å²) in [6.45, 7) is 5.49. The Kier molecular flexibility index (Phi) is 4.71. The number of rotatable bonds is 5. The molecule has 1 heterocycles. The van der Waals surface area contributed by atoms with Gasteiger partial charge in [0.05, 0.1) is 0 Å². The molecule has 0 amide bonds. The van der Waals surface area contributed by atoms with Crippen LogP contribution in [0.5, 0.6) is 0 Å². The first-order valence-electron chi connectivity index (χ1n) is 5.74. The highest BCUT2D eigenvalue weighted by molar-refractivity contribution is 5.90. The fraction of sp³-hybridized carbons (Fsp3) is 0.750. The highest BCUT2D eigenvalue weighted by Gasteiger charge is 2.20. The zero-order chi connectivity index (χ0) is 10.4. The molecule has 0 saturated carbocycles. The maximum atomic E-state index is 11.3. The first-order valence-corrected chi connectivity index (χ1v) is 5.74. The quantitative estimate of drug-likeness (QED) is 0.672. The van der Waals surface area contributed by atoms with E-state index < -0.39 is 0 Å². The fourth-order valence-electron chi connectivity index (χ4n) is 1.92. The Morgan fingerprint density at radius 1 is 1.43 bits per heavy atom. The fourth-order valence-corrected chi connectivity index (χ4v) is 1.92. The number of carbonyl (C=O) groups is 1. The van der Waals surface area contributed by atoms with Crippen molar-refractivity contribution in [2.75, 3.05) is 6.54 Å². The first kappa shape index (κ1) is 11.3. The number of hydrogen-bond acceptors (Lipinski definition) is 2. The van der Waals surface area contributed by atoms with Gasteiger partial charge in [-0.2, -0.15) is 0 Å². The molecule has 0 aromatic heterocycles. The summed E-state index contributed by atoms with van der Waals surface area (Å²) in [4.78, 5) is 13.6. The SMILES string of the molecule is CCCCN1C=CC(=O)CC1CCC. The van der Waals surface area contributed by atoms with Crippen molar-refractivity contribution in [1.82, 2.24) is 4.90 Å². The predicted octanol–water partition coefficient (Wildman–Crippen LogP) is 2.74. The van der Waals surface area contributed by atoms with E-state index in [1.54, 1.807) is 6.08 Å². The van der Waals surface area contributed by atoms with E-state index in [0.717, 1.165) is 19.4 Å². The van der Waals surface area contributed by atoms with Crippen LogP contribution < -0.4 is 0 Å². The molecule has 0 spiro atoms. The van der Waals surface area contributed by atoms with Crippen molar-refractivity contribution < 1.29 is 4.79 Å². The van der Waals surface area contributed by atoms with Crippen LogP contribution in [0.4, 0.5) is 0 Å². The number of carbonyl (C=O) groups excluding carboxylic acids is 1. The van der Waals surface area contributed by atoms with Gasteiger partial charge in [0.2, 0.25) is 0 Å². The molecule has 1 atom stereocenters. The van der Waals surface area contributed by atoms with Crippen LogP contribution >= 0.6 is 0 Å². The molecule has 0 radical (unpaired) electrons. The summed E-state index contributed by atoms with van der Waals surface area (Å²) >= 11 is 0. The summed E-state index contributed by atoms with van der Waals surface area (Å²) in [5.74, 6) is 0.288. The number of hydrogen-bond donors (Lipinski definition) is 0. The van der Waals surface area contributed by atoms with Gasteiger partial charge in [-0.15, -0.1) is 0 Å². The second-order valence-electron chi connectivity index (χ2n) is 4.02. The zero-order valence-corrected chi connectivity index (χ0v) is 9.33. The van der Waals surface area contributed by atoms with Gasteiger partial charge in [-0.3, -0.25) is 4.79 Å². The first-order chi connectivity index (χ1) is 6.77. The van der Waals surface area contributed by atoms with E-state index in [1.165, 1.54) is 12.8 Å². The van der Waals surface area contributed by atoms with Crippen molar-refractivity contribution in [2.45, 2.75) is 52.0 Å². The number of allylic oxidation sites excluding steroid dienone is 1. The van der Waals surface area contributed by atoms with Crippen molar-refractivity contribution in [1.29, 1.82) is 0 Å². The van der Waals surface area contributed by atoms with Gasteiger partial charge in [-0.1, -0.05) is 26.7 Å². The molecule has 1 aliphatic heterocycles. The molecule has 1 unspecified atom stereocenters. The minimum Gasteiger partial charge on any atom is -0.374 e. The summed E-state index contributed by atoms with van der Waals surface area (Å²) in [5, 5.41) is 0. The van der Waals surface area contributed by atoms with E-state index >= 15 is 0 Å². The van der Waals surface area contributed by atoms with E-state index in [0.29, 0.717) is 12.5 Å². The normalized spacial score (nSPS) is 21.7. The molecule has 0 aliphatic carbocycles. The standard InChI is InChI=1S/C12H21NO/c1-3-5-8-13-9-7-12(14)10-11(13)6-4-2/h7,9,11H,3-6,8,10H2,1-2H3.